The normalized spacial score (nSPS) is 14.7. The van der Waals surface area contributed by atoms with Gasteiger partial charge in [-0.3, -0.25) is 0 Å². The summed E-state index contributed by atoms with van der Waals surface area (Å²) in [4.78, 5) is 7.03. The summed E-state index contributed by atoms with van der Waals surface area (Å²) >= 11 is 0. The number of nitrogens with zero attached hydrogens (tertiary/aromatic N) is 3. The Bertz CT molecular complexity index is 677. The monoisotopic (exact) mass is 312 g/mol. The molecular formula is C18H24N4O. The SMILES string of the molecule is CCNC(=NCc1cc(CC)no1)N1CCc2ccccc2C1. The Labute approximate surface area is 137 Å². The zero-order chi connectivity index (χ0) is 16.1. The van der Waals surface area contributed by atoms with E-state index in [2.05, 4.69) is 53.5 Å². The van der Waals surface area contributed by atoms with Crippen LogP contribution >= 0.6 is 0 Å². The van der Waals surface area contributed by atoms with E-state index in [9.17, 15) is 0 Å². The van der Waals surface area contributed by atoms with Crippen molar-refractivity contribution < 1.29 is 4.52 Å². The Morgan fingerprint density at radius 3 is 2.87 bits per heavy atom. The lowest BCUT2D eigenvalue weighted by Gasteiger charge is -2.31. The van der Waals surface area contributed by atoms with Crippen molar-refractivity contribution in [1.82, 2.24) is 15.4 Å². The first-order chi connectivity index (χ1) is 11.3. The molecule has 2 heterocycles. The predicted molar refractivity (Wildman–Crippen MR) is 91.3 cm³/mol. The van der Waals surface area contributed by atoms with Crippen LogP contribution in [-0.4, -0.2) is 29.1 Å². The third-order valence-electron chi connectivity index (χ3n) is 4.12. The van der Waals surface area contributed by atoms with Gasteiger partial charge in [0.2, 0.25) is 0 Å². The maximum absolute atomic E-state index is 5.32. The van der Waals surface area contributed by atoms with Crippen molar-refractivity contribution >= 4 is 5.96 Å². The summed E-state index contributed by atoms with van der Waals surface area (Å²) in [5.74, 6) is 1.76. The Morgan fingerprint density at radius 1 is 1.30 bits per heavy atom. The first-order valence-electron chi connectivity index (χ1n) is 8.34. The average Bonchev–Trinajstić information content (AvgIpc) is 3.06. The molecule has 0 fully saturated rings. The van der Waals surface area contributed by atoms with Gasteiger partial charge in [0.25, 0.3) is 0 Å². The van der Waals surface area contributed by atoms with Gasteiger partial charge in [0, 0.05) is 25.7 Å². The summed E-state index contributed by atoms with van der Waals surface area (Å²) in [6.45, 7) is 7.43. The van der Waals surface area contributed by atoms with E-state index in [-0.39, 0.29) is 0 Å². The molecule has 1 N–H and O–H groups in total. The third-order valence-corrected chi connectivity index (χ3v) is 4.12. The molecule has 0 spiro atoms. The lowest BCUT2D eigenvalue weighted by atomic mass is 10.0. The smallest absolute Gasteiger partial charge is 0.194 e. The molecule has 1 aromatic heterocycles. The second-order valence-corrected chi connectivity index (χ2v) is 5.75. The van der Waals surface area contributed by atoms with Gasteiger partial charge in [-0.2, -0.15) is 0 Å². The molecule has 5 heteroatoms. The molecule has 0 saturated carbocycles. The van der Waals surface area contributed by atoms with Gasteiger partial charge in [-0.05, 0) is 30.9 Å². The minimum atomic E-state index is 0.521. The lowest BCUT2D eigenvalue weighted by molar-refractivity contribution is 0.367. The van der Waals surface area contributed by atoms with Crippen LogP contribution in [0.5, 0.6) is 0 Å². The van der Waals surface area contributed by atoms with Crippen molar-refractivity contribution in [3.05, 3.63) is 52.9 Å². The molecule has 0 amide bonds. The standard InChI is InChI=1S/C18H24N4O/c1-3-16-11-17(23-21-16)12-20-18(19-4-2)22-10-9-14-7-5-6-8-15(14)13-22/h5-8,11H,3-4,9-10,12-13H2,1-2H3,(H,19,20). The molecule has 5 nitrogen and oxygen atoms in total. The van der Waals surface area contributed by atoms with Crippen molar-refractivity contribution in [3.63, 3.8) is 0 Å². The van der Waals surface area contributed by atoms with E-state index in [0.29, 0.717) is 6.54 Å². The van der Waals surface area contributed by atoms with Crippen LogP contribution in [0.25, 0.3) is 0 Å². The van der Waals surface area contributed by atoms with Crippen LogP contribution < -0.4 is 5.32 Å². The zero-order valence-electron chi connectivity index (χ0n) is 13.9. The maximum atomic E-state index is 5.32. The molecule has 0 radical (unpaired) electrons. The molecule has 23 heavy (non-hydrogen) atoms. The molecule has 2 aromatic rings. The van der Waals surface area contributed by atoms with Gasteiger partial charge in [-0.1, -0.05) is 36.3 Å². The van der Waals surface area contributed by atoms with Crippen molar-refractivity contribution in [2.45, 2.75) is 39.8 Å². The Kier molecular flexibility index (Phi) is 4.95. The Balaban J connectivity index is 1.72. The van der Waals surface area contributed by atoms with Gasteiger partial charge in [0.1, 0.15) is 6.54 Å². The van der Waals surface area contributed by atoms with Gasteiger partial charge in [0.05, 0.1) is 5.69 Å². The molecule has 1 aliphatic heterocycles. The minimum absolute atomic E-state index is 0.521. The van der Waals surface area contributed by atoms with Crippen LogP contribution in [-0.2, 0) is 25.9 Å². The summed E-state index contributed by atoms with van der Waals surface area (Å²) < 4.78 is 5.32. The van der Waals surface area contributed by atoms with Crippen molar-refractivity contribution in [2.24, 2.45) is 4.99 Å². The largest absolute Gasteiger partial charge is 0.359 e. The summed E-state index contributed by atoms with van der Waals surface area (Å²) in [5.41, 5.74) is 3.81. The van der Waals surface area contributed by atoms with Gasteiger partial charge in [0.15, 0.2) is 11.7 Å². The molecule has 3 rings (SSSR count). The zero-order valence-corrected chi connectivity index (χ0v) is 13.9. The molecule has 0 aliphatic carbocycles. The second kappa shape index (κ2) is 7.31. The van der Waals surface area contributed by atoms with E-state index >= 15 is 0 Å². The first kappa shape index (κ1) is 15.6. The maximum Gasteiger partial charge on any atom is 0.194 e. The molecule has 0 saturated heterocycles. The van der Waals surface area contributed by atoms with E-state index in [1.54, 1.807) is 0 Å². The van der Waals surface area contributed by atoms with E-state index in [0.717, 1.165) is 49.9 Å². The number of hydrogen-bond acceptors (Lipinski definition) is 3. The highest BCUT2D eigenvalue weighted by Crippen LogP contribution is 2.18. The summed E-state index contributed by atoms with van der Waals surface area (Å²) in [6.07, 6.45) is 1.94. The molecule has 0 atom stereocenters. The Hall–Kier alpha value is -2.30. The van der Waals surface area contributed by atoms with Crippen LogP contribution in [0.4, 0.5) is 0 Å². The molecule has 1 aliphatic rings. The second-order valence-electron chi connectivity index (χ2n) is 5.75. The lowest BCUT2D eigenvalue weighted by Crippen LogP contribution is -2.44. The number of guanidine groups is 1. The number of aryl methyl sites for hydroxylation is 1. The van der Waals surface area contributed by atoms with Gasteiger partial charge in [-0.25, -0.2) is 4.99 Å². The minimum Gasteiger partial charge on any atom is -0.359 e. The highest BCUT2D eigenvalue weighted by molar-refractivity contribution is 5.80. The van der Waals surface area contributed by atoms with Crippen LogP contribution in [0.1, 0.15) is 36.4 Å². The summed E-state index contributed by atoms with van der Waals surface area (Å²) in [6, 6.07) is 10.6. The number of benzene rings is 1. The van der Waals surface area contributed by atoms with E-state index in [4.69, 9.17) is 9.52 Å². The van der Waals surface area contributed by atoms with Crippen molar-refractivity contribution in [3.8, 4) is 0 Å². The van der Waals surface area contributed by atoms with E-state index < -0.39 is 0 Å². The fourth-order valence-corrected chi connectivity index (χ4v) is 2.85. The topological polar surface area (TPSA) is 53.7 Å². The molecule has 122 valence electrons. The quantitative estimate of drug-likeness (QED) is 0.697. The van der Waals surface area contributed by atoms with Crippen molar-refractivity contribution in [1.29, 1.82) is 0 Å². The molecular weight excluding hydrogens is 288 g/mol. The van der Waals surface area contributed by atoms with Gasteiger partial charge in [-0.15, -0.1) is 0 Å². The fourth-order valence-electron chi connectivity index (χ4n) is 2.85. The molecule has 1 aromatic carbocycles. The van der Waals surface area contributed by atoms with Gasteiger partial charge >= 0.3 is 0 Å². The number of aromatic nitrogens is 1. The highest BCUT2D eigenvalue weighted by atomic mass is 16.5. The first-order valence-corrected chi connectivity index (χ1v) is 8.34. The van der Waals surface area contributed by atoms with Crippen LogP contribution in [0.2, 0.25) is 0 Å². The predicted octanol–water partition coefficient (Wildman–Crippen LogP) is 2.76. The van der Waals surface area contributed by atoms with Gasteiger partial charge < -0.3 is 14.7 Å². The molecule has 0 unspecified atom stereocenters. The summed E-state index contributed by atoms with van der Waals surface area (Å²) in [5, 5.41) is 7.41. The molecule has 0 bridgehead atoms. The van der Waals surface area contributed by atoms with Crippen LogP contribution in [0, 0.1) is 0 Å². The van der Waals surface area contributed by atoms with Crippen LogP contribution in [0.3, 0.4) is 0 Å². The average molecular weight is 312 g/mol. The number of fused-ring (bicyclic) bond motifs is 1. The number of rotatable bonds is 4. The van der Waals surface area contributed by atoms with Crippen LogP contribution in [0.15, 0.2) is 39.8 Å². The number of hydrogen-bond donors (Lipinski definition) is 1. The number of aliphatic imine (C=N–C) groups is 1. The Morgan fingerprint density at radius 2 is 2.13 bits per heavy atom. The third kappa shape index (κ3) is 3.73. The van der Waals surface area contributed by atoms with E-state index in [1.165, 1.54) is 11.1 Å². The highest BCUT2D eigenvalue weighted by Gasteiger charge is 2.18. The summed E-state index contributed by atoms with van der Waals surface area (Å²) in [7, 11) is 0. The van der Waals surface area contributed by atoms with Crippen molar-refractivity contribution in [2.75, 3.05) is 13.1 Å². The fraction of sp³-hybridized carbons (Fsp3) is 0.444. The number of nitrogens with one attached hydrogen (secondary N) is 1. The van der Waals surface area contributed by atoms with E-state index in [1.807, 2.05) is 6.07 Å².